The minimum Gasteiger partial charge on any atom is -0.402 e. The van der Waals surface area contributed by atoms with Crippen LogP contribution in [0.4, 0.5) is 0 Å². The van der Waals surface area contributed by atoms with Crippen molar-refractivity contribution < 1.29 is 15.1 Å². The Kier molecular flexibility index (Phi) is 35.7. The largest absolute Gasteiger partial charge is 0.631 e. The van der Waals surface area contributed by atoms with Gasteiger partial charge in [0.05, 0.1) is 0 Å². The lowest BCUT2D eigenvalue weighted by Gasteiger charge is -2.21. The van der Waals surface area contributed by atoms with E-state index >= 15 is 0 Å². The van der Waals surface area contributed by atoms with Gasteiger partial charge in [-0.1, -0.05) is 80.1 Å². The molecule has 0 heterocycles. The summed E-state index contributed by atoms with van der Waals surface area (Å²) in [6.45, 7) is 21.5. The van der Waals surface area contributed by atoms with E-state index in [9.17, 15) is 0 Å². The molecule has 184 valence electrons. The summed E-state index contributed by atoms with van der Waals surface area (Å²) < 4.78 is 0. The zero-order valence-electron chi connectivity index (χ0n) is 21.5. The zero-order chi connectivity index (χ0) is 23.5. The second-order valence-electron chi connectivity index (χ2n) is 8.15. The molecule has 6 heteroatoms. The van der Waals surface area contributed by atoms with E-state index in [1.165, 1.54) is 116 Å². The van der Waals surface area contributed by atoms with Gasteiger partial charge >= 0.3 is 7.32 Å². The molecule has 0 aromatic heterocycles. The highest BCUT2D eigenvalue weighted by molar-refractivity contribution is 6.30. The van der Waals surface area contributed by atoms with Crippen LogP contribution < -0.4 is 0 Å². The van der Waals surface area contributed by atoms with E-state index < -0.39 is 7.32 Å². The molecule has 0 saturated carbocycles. The Morgan fingerprint density at radius 3 is 0.633 bits per heavy atom. The molecule has 0 saturated heterocycles. The van der Waals surface area contributed by atoms with Crippen molar-refractivity contribution >= 4 is 7.32 Å². The minimum atomic E-state index is -2.17. The highest BCUT2D eigenvalue weighted by Gasteiger charge is 2.02. The number of unbranched alkanes of at least 4 members (excludes halogenated alkanes) is 6. The molecule has 0 aromatic rings. The summed E-state index contributed by atoms with van der Waals surface area (Å²) >= 11 is 0. The molecule has 30 heavy (non-hydrogen) atoms. The predicted molar refractivity (Wildman–Crippen MR) is 135 cm³/mol. The molecule has 3 N–H and O–H groups in total. The van der Waals surface area contributed by atoms with Crippen molar-refractivity contribution in [1.29, 1.82) is 0 Å². The summed E-state index contributed by atoms with van der Waals surface area (Å²) in [4.78, 5) is 5.27. The molecular weight excluding hydrogens is 375 g/mol. The van der Waals surface area contributed by atoms with Crippen LogP contribution in [0, 0.1) is 0 Å². The van der Waals surface area contributed by atoms with Crippen LogP contribution in [0.3, 0.4) is 0 Å². The lowest BCUT2D eigenvalue weighted by atomic mass is 10.2. The third kappa shape index (κ3) is 35.3. The van der Waals surface area contributed by atoms with Crippen LogP contribution in [0.15, 0.2) is 0 Å². The number of hydrogen-bond acceptors (Lipinski definition) is 5. The average Bonchev–Trinajstić information content (AvgIpc) is 2.72. The molecule has 0 fully saturated rings. The van der Waals surface area contributed by atoms with Gasteiger partial charge in [0.2, 0.25) is 0 Å². The first kappa shape index (κ1) is 34.5. The van der Waals surface area contributed by atoms with E-state index in [1.54, 1.807) is 0 Å². The lowest BCUT2D eigenvalue weighted by molar-refractivity contribution is 0.261. The Morgan fingerprint density at radius 2 is 0.533 bits per heavy atom. The monoisotopic (exact) mass is 432 g/mol. The Balaban J connectivity index is -0.000000412. The molecule has 0 aromatic carbocycles. The Morgan fingerprint density at radius 1 is 0.400 bits per heavy atom. The fourth-order valence-corrected chi connectivity index (χ4v) is 2.96. The lowest BCUT2D eigenvalue weighted by Crippen LogP contribution is -2.27. The van der Waals surface area contributed by atoms with Gasteiger partial charge in [0, 0.05) is 0 Å². The fraction of sp³-hybridized carbons (Fsp3) is 1.00. The second kappa shape index (κ2) is 31.1. The van der Waals surface area contributed by atoms with E-state index in [0.29, 0.717) is 0 Å². The molecule has 5 nitrogen and oxygen atoms in total. The fourth-order valence-electron chi connectivity index (χ4n) is 2.96. The maximum absolute atomic E-state index is 7.17. The number of nitrogens with zero attached hydrogens (tertiary/aromatic N) is 2. The van der Waals surface area contributed by atoms with Crippen LogP contribution in [0.5, 0.6) is 0 Å². The SMILES string of the molecule is CCCCN(CCCC)CCCC.CCCCN(CCCC)CCCC.OB(O)O. The first-order chi connectivity index (χ1) is 14.4. The van der Waals surface area contributed by atoms with Crippen molar-refractivity contribution in [2.45, 2.75) is 119 Å². The molecule has 0 bridgehead atoms. The van der Waals surface area contributed by atoms with Gasteiger partial charge in [-0.3, -0.25) is 0 Å². The molecular formula is C24H57BN2O3. The molecule has 0 aliphatic heterocycles. The summed E-state index contributed by atoms with van der Waals surface area (Å²) in [5.74, 6) is 0. The van der Waals surface area contributed by atoms with Crippen LogP contribution in [0.2, 0.25) is 0 Å². The van der Waals surface area contributed by atoms with Gasteiger partial charge in [0.1, 0.15) is 0 Å². The molecule has 0 atom stereocenters. The maximum Gasteiger partial charge on any atom is 0.631 e. The third-order valence-electron chi connectivity index (χ3n) is 4.97. The molecule has 0 amide bonds. The first-order valence-electron chi connectivity index (χ1n) is 12.9. The summed E-state index contributed by atoms with van der Waals surface area (Å²) in [5, 5.41) is 21.5. The topological polar surface area (TPSA) is 67.2 Å². The van der Waals surface area contributed by atoms with Crippen LogP contribution in [-0.4, -0.2) is 71.5 Å². The van der Waals surface area contributed by atoms with Gasteiger partial charge in [0.15, 0.2) is 0 Å². The summed E-state index contributed by atoms with van der Waals surface area (Å²) in [5.41, 5.74) is 0. The van der Waals surface area contributed by atoms with E-state index in [4.69, 9.17) is 15.1 Å². The van der Waals surface area contributed by atoms with E-state index in [0.717, 1.165) is 0 Å². The van der Waals surface area contributed by atoms with Gasteiger partial charge in [-0.15, -0.1) is 0 Å². The minimum absolute atomic E-state index is 1.32. The van der Waals surface area contributed by atoms with Crippen molar-refractivity contribution in [1.82, 2.24) is 9.80 Å². The predicted octanol–water partition coefficient (Wildman–Crippen LogP) is 5.33. The Hall–Kier alpha value is -0.135. The van der Waals surface area contributed by atoms with Gasteiger partial charge in [0.25, 0.3) is 0 Å². The van der Waals surface area contributed by atoms with Gasteiger partial charge in [-0.2, -0.15) is 0 Å². The van der Waals surface area contributed by atoms with Crippen LogP contribution in [0.25, 0.3) is 0 Å². The number of hydrogen-bond donors (Lipinski definition) is 3. The zero-order valence-corrected chi connectivity index (χ0v) is 21.5. The summed E-state index contributed by atoms with van der Waals surface area (Å²) in [6.07, 6.45) is 16.2. The van der Waals surface area contributed by atoms with Gasteiger partial charge in [-0.25, -0.2) is 0 Å². The van der Waals surface area contributed by atoms with E-state index in [1.807, 2.05) is 0 Å². The third-order valence-corrected chi connectivity index (χ3v) is 4.97. The molecule has 0 radical (unpaired) electrons. The van der Waals surface area contributed by atoms with E-state index in [2.05, 4.69) is 51.3 Å². The second-order valence-corrected chi connectivity index (χ2v) is 8.15. The molecule has 0 unspecified atom stereocenters. The highest BCUT2D eigenvalue weighted by Crippen LogP contribution is 2.02. The summed E-state index contributed by atoms with van der Waals surface area (Å²) in [6, 6.07) is 0. The molecule has 0 aliphatic carbocycles. The van der Waals surface area contributed by atoms with Crippen molar-refractivity contribution in [2.75, 3.05) is 39.3 Å². The van der Waals surface area contributed by atoms with Crippen molar-refractivity contribution in [3.05, 3.63) is 0 Å². The molecule has 0 aliphatic rings. The van der Waals surface area contributed by atoms with E-state index in [-0.39, 0.29) is 0 Å². The quantitative estimate of drug-likeness (QED) is 0.256. The van der Waals surface area contributed by atoms with Gasteiger partial charge < -0.3 is 24.9 Å². The number of rotatable bonds is 18. The Labute approximate surface area is 190 Å². The van der Waals surface area contributed by atoms with Crippen molar-refractivity contribution in [3.8, 4) is 0 Å². The average molecular weight is 433 g/mol. The maximum atomic E-state index is 7.17. The Bertz CT molecular complexity index is 220. The molecule has 0 spiro atoms. The van der Waals surface area contributed by atoms with Crippen molar-refractivity contribution in [3.63, 3.8) is 0 Å². The first-order valence-corrected chi connectivity index (χ1v) is 12.9. The van der Waals surface area contributed by atoms with Crippen LogP contribution in [-0.2, 0) is 0 Å². The van der Waals surface area contributed by atoms with Gasteiger partial charge in [-0.05, 0) is 77.8 Å². The highest BCUT2D eigenvalue weighted by atomic mass is 16.5. The smallest absolute Gasteiger partial charge is 0.402 e. The summed E-state index contributed by atoms with van der Waals surface area (Å²) in [7, 11) is -2.17. The van der Waals surface area contributed by atoms with Crippen molar-refractivity contribution in [2.24, 2.45) is 0 Å². The van der Waals surface area contributed by atoms with Crippen LogP contribution in [0.1, 0.15) is 119 Å². The molecule has 0 rings (SSSR count). The normalized spacial score (nSPS) is 10.5. The van der Waals surface area contributed by atoms with Crippen LogP contribution >= 0.6 is 0 Å². The standard InChI is InChI=1S/2C12H27N.BH3O3/c2*1-4-7-10-13(11-8-5-2)12-9-6-3;2-1(3)4/h2*4-12H2,1-3H3;2-4H.